The molecule has 0 aliphatic carbocycles. The molecule has 0 saturated heterocycles. The van der Waals surface area contributed by atoms with E-state index >= 15 is 0 Å². The summed E-state index contributed by atoms with van der Waals surface area (Å²) in [6, 6.07) is 12.7. The molecule has 2 aromatic heterocycles. The van der Waals surface area contributed by atoms with E-state index in [2.05, 4.69) is 20.5 Å². The molecule has 150 valence electrons. The fourth-order valence-electron chi connectivity index (χ4n) is 2.66. The molecule has 3 rings (SSSR count). The lowest BCUT2D eigenvalue weighted by molar-refractivity contribution is -0.113. The quantitative estimate of drug-likeness (QED) is 0.602. The highest BCUT2D eigenvalue weighted by atomic mass is 32.2. The average Bonchev–Trinajstić information content (AvgIpc) is 3.15. The molecule has 8 nitrogen and oxygen atoms in total. The SMILES string of the molecule is CCn1c(SCC(=O)Nc2ccccc2)nnc1-c1cc(C(=O)N(C)C)ccn1. The molecule has 0 spiro atoms. The van der Waals surface area contributed by atoms with Gasteiger partial charge in [-0.3, -0.25) is 14.6 Å². The Balaban J connectivity index is 1.74. The number of hydrogen-bond donors (Lipinski definition) is 1. The molecule has 0 radical (unpaired) electrons. The molecule has 0 bridgehead atoms. The van der Waals surface area contributed by atoms with Crippen LogP contribution in [0, 0.1) is 0 Å². The maximum absolute atomic E-state index is 12.2. The molecule has 0 atom stereocenters. The predicted octanol–water partition coefficient (Wildman–Crippen LogP) is 2.79. The highest BCUT2D eigenvalue weighted by Crippen LogP contribution is 2.23. The molecular formula is C20H22N6O2S. The molecule has 9 heteroatoms. The van der Waals surface area contributed by atoms with Crippen LogP contribution in [0.1, 0.15) is 17.3 Å². The minimum Gasteiger partial charge on any atom is -0.345 e. The van der Waals surface area contributed by atoms with Crippen molar-refractivity contribution in [2.45, 2.75) is 18.6 Å². The summed E-state index contributed by atoms with van der Waals surface area (Å²) in [7, 11) is 3.40. The fraction of sp³-hybridized carbons (Fsp3) is 0.250. The van der Waals surface area contributed by atoms with Gasteiger partial charge in [0.15, 0.2) is 11.0 Å². The summed E-state index contributed by atoms with van der Waals surface area (Å²) in [4.78, 5) is 30.3. The van der Waals surface area contributed by atoms with Gasteiger partial charge in [-0.15, -0.1) is 10.2 Å². The number of hydrogen-bond acceptors (Lipinski definition) is 6. The summed E-state index contributed by atoms with van der Waals surface area (Å²) in [6.45, 7) is 2.58. The third kappa shape index (κ3) is 5.00. The number of pyridine rings is 1. The smallest absolute Gasteiger partial charge is 0.253 e. The maximum Gasteiger partial charge on any atom is 0.253 e. The zero-order valence-electron chi connectivity index (χ0n) is 16.5. The Morgan fingerprint density at radius 2 is 1.90 bits per heavy atom. The van der Waals surface area contributed by atoms with Gasteiger partial charge in [-0.1, -0.05) is 30.0 Å². The Labute approximate surface area is 173 Å². The molecule has 3 aromatic rings. The Hall–Kier alpha value is -3.20. The van der Waals surface area contributed by atoms with Crippen LogP contribution >= 0.6 is 11.8 Å². The van der Waals surface area contributed by atoms with Crippen LogP contribution in [0.15, 0.2) is 53.8 Å². The fourth-order valence-corrected chi connectivity index (χ4v) is 3.47. The number of aromatic nitrogens is 4. The first-order chi connectivity index (χ1) is 14.0. The molecule has 29 heavy (non-hydrogen) atoms. The summed E-state index contributed by atoms with van der Waals surface area (Å²) in [5.41, 5.74) is 1.84. The monoisotopic (exact) mass is 410 g/mol. The van der Waals surface area contributed by atoms with Crippen molar-refractivity contribution >= 4 is 29.3 Å². The van der Waals surface area contributed by atoms with Crippen LogP contribution in [0.3, 0.4) is 0 Å². The summed E-state index contributed by atoms with van der Waals surface area (Å²) in [5, 5.41) is 11.9. The molecule has 0 aliphatic heterocycles. The topological polar surface area (TPSA) is 93.0 Å². The van der Waals surface area contributed by atoms with Crippen LogP contribution in [-0.2, 0) is 11.3 Å². The van der Waals surface area contributed by atoms with E-state index in [1.807, 2.05) is 41.8 Å². The van der Waals surface area contributed by atoms with Gasteiger partial charge >= 0.3 is 0 Å². The maximum atomic E-state index is 12.2. The summed E-state index contributed by atoms with van der Waals surface area (Å²) < 4.78 is 1.88. The van der Waals surface area contributed by atoms with E-state index in [0.29, 0.717) is 28.8 Å². The van der Waals surface area contributed by atoms with Gasteiger partial charge in [0.05, 0.1) is 5.75 Å². The number of nitrogens with zero attached hydrogens (tertiary/aromatic N) is 5. The highest BCUT2D eigenvalue weighted by molar-refractivity contribution is 7.99. The Bertz CT molecular complexity index is 1000. The van der Waals surface area contributed by atoms with Gasteiger partial charge < -0.3 is 14.8 Å². The van der Waals surface area contributed by atoms with Crippen LogP contribution in [0.25, 0.3) is 11.5 Å². The zero-order valence-corrected chi connectivity index (χ0v) is 17.3. The van der Waals surface area contributed by atoms with Crippen LogP contribution in [0.2, 0.25) is 0 Å². The van der Waals surface area contributed by atoms with E-state index in [4.69, 9.17) is 0 Å². The van der Waals surface area contributed by atoms with Crippen molar-refractivity contribution in [3.8, 4) is 11.5 Å². The van der Waals surface area contributed by atoms with Gasteiger partial charge in [-0.2, -0.15) is 0 Å². The van der Waals surface area contributed by atoms with E-state index in [1.165, 1.54) is 16.7 Å². The van der Waals surface area contributed by atoms with E-state index < -0.39 is 0 Å². The number of nitrogens with one attached hydrogen (secondary N) is 1. The van der Waals surface area contributed by atoms with Crippen molar-refractivity contribution in [2.24, 2.45) is 0 Å². The minimum atomic E-state index is -0.120. The van der Waals surface area contributed by atoms with Crippen molar-refractivity contribution in [3.05, 3.63) is 54.2 Å². The van der Waals surface area contributed by atoms with Gasteiger partial charge in [0.2, 0.25) is 5.91 Å². The van der Waals surface area contributed by atoms with Crippen LogP contribution in [-0.4, -0.2) is 56.3 Å². The second kappa shape index (κ2) is 9.33. The number of benzene rings is 1. The lowest BCUT2D eigenvalue weighted by atomic mass is 10.2. The molecule has 0 aliphatic rings. The number of para-hydroxylation sites is 1. The van der Waals surface area contributed by atoms with Crippen LogP contribution < -0.4 is 5.32 Å². The molecular weight excluding hydrogens is 388 g/mol. The zero-order chi connectivity index (χ0) is 20.8. The molecule has 2 amide bonds. The molecule has 0 fully saturated rings. The molecule has 2 heterocycles. The summed E-state index contributed by atoms with van der Waals surface area (Å²) in [5.74, 6) is 0.542. The predicted molar refractivity (Wildman–Crippen MR) is 113 cm³/mol. The highest BCUT2D eigenvalue weighted by Gasteiger charge is 2.17. The number of rotatable bonds is 7. The standard InChI is InChI=1S/C20H22N6O2S/c1-4-26-18(16-12-14(10-11-21-16)19(28)25(2)3)23-24-20(26)29-13-17(27)22-15-8-6-5-7-9-15/h5-12H,4,13H2,1-3H3,(H,22,27). The number of anilines is 1. The van der Waals surface area contributed by atoms with Gasteiger partial charge in [-0.05, 0) is 31.2 Å². The van der Waals surface area contributed by atoms with Crippen molar-refractivity contribution in [3.63, 3.8) is 0 Å². The van der Waals surface area contributed by atoms with Gasteiger partial charge in [0.25, 0.3) is 5.91 Å². The number of amides is 2. The van der Waals surface area contributed by atoms with Gasteiger partial charge in [0, 0.05) is 38.1 Å². The van der Waals surface area contributed by atoms with Crippen molar-refractivity contribution < 1.29 is 9.59 Å². The third-order valence-electron chi connectivity index (χ3n) is 4.07. The van der Waals surface area contributed by atoms with E-state index in [-0.39, 0.29) is 17.6 Å². The molecule has 0 unspecified atom stereocenters. The minimum absolute atomic E-state index is 0.108. The second-order valence-corrected chi connectivity index (χ2v) is 7.33. The third-order valence-corrected chi connectivity index (χ3v) is 5.03. The largest absolute Gasteiger partial charge is 0.345 e. The summed E-state index contributed by atoms with van der Waals surface area (Å²) in [6.07, 6.45) is 1.58. The van der Waals surface area contributed by atoms with E-state index in [9.17, 15) is 9.59 Å². The molecule has 1 N–H and O–H groups in total. The van der Waals surface area contributed by atoms with Crippen molar-refractivity contribution in [1.82, 2.24) is 24.6 Å². The molecule has 0 saturated carbocycles. The first kappa shape index (κ1) is 20.5. The lowest BCUT2D eigenvalue weighted by Gasteiger charge is -2.11. The second-order valence-electron chi connectivity index (χ2n) is 6.38. The normalized spacial score (nSPS) is 10.6. The summed E-state index contributed by atoms with van der Waals surface area (Å²) >= 11 is 1.30. The van der Waals surface area contributed by atoms with Crippen molar-refractivity contribution in [2.75, 3.05) is 25.2 Å². The van der Waals surface area contributed by atoms with Crippen molar-refractivity contribution in [1.29, 1.82) is 0 Å². The number of carbonyl (C=O) groups excluding carboxylic acids is 2. The van der Waals surface area contributed by atoms with Crippen LogP contribution in [0.4, 0.5) is 5.69 Å². The molecule has 1 aromatic carbocycles. The Kier molecular flexibility index (Phi) is 6.61. The first-order valence-electron chi connectivity index (χ1n) is 9.08. The number of carbonyl (C=O) groups is 2. The average molecular weight is 411 g/mol. The lowest BCUT2D eigenvalue weighted by Crippen LogP contribution is -2.21. The van der Waals surface area contributed by atoms with Crippen LogP contribution in [0.5, 0.6) is 0 Å². The van der Waals surface area contributed by atoms with E-state index in [0.717, 1.165) is 5.69 Å². The van der Waals surface area contributed by atoms with Gasteiger partial charge in [0.1, 0.15) is 5.69 Å². The Morgan fingerprint density at radius 3 is 2.59 bits per heavy atom. The van der Waals surface area contributed by atoms with E-state index in [1.54, 1.807) is 32.4 Å². The van der Waals surface area contributed by atoms with Gasteiger partial charge in [-0.25, -0.2) is 0 Å². The number of thioether (sulfide) groups is 1. The Morgan fingerprint density at radius 1 is 1.14 bits per heavy atom. The first-order valence-corrected chi connectivity index (χ1v) is 10.1.